The van der Waals surface area contributed by atoms with Crippen molar-refractivity contribution in [1.29, 1.82) is 0 Å². The van der Waals surface area contributed by atoms with Gasteiger partial charge in [-0.15, -0.1) is 0 Å². The molecule has 0 saturated carbocycles. The lowest BCUT2D eigenvalue weighted by Gasteiger charge is -2.14. The van der Waals surface area contributed by atoms with Crippen LogP contribution in [0.25, 0.3) is 0 Å². The van der Waals surface area contributed by atoms with Gasteiger partial charge in [0.15, 0.2) is 11.6 Å². The smallest absolute Gasteiger partial charge is 0.295 e. The highest BCUT2D eigenvalue weighted by molar-refractivity contribution is 5.62. The van der Waals surface area contributed by atoms with E-state index in [2.05, 4.69) is 5.32 Å². The van der Waals surface area contributed by atoms with E-state index in [1.165, 1.54) is 0 Å². The van der Waals surface area contributed by atoms with E-state index in [9.17, 15) is 18.9 Å². The summed E-state index contributed by atoms with van der Waals surface area (Å²) in [5.41, 5.74) is -0.443. The van der Waals surface area contributed by atoms with Crippen molar-refractivity contribution in [3.63, 3.8) is 0 Å². The number of halogens is 2. The number of anilines is 1. The zero-order chi connectivity index (χ0) is 13.0. The summed E-state index contributed by atoms with van der Waals surface area (Å²) in [6.07, 6.45) is 1.68. The van der Waals surface area contributed by atoms with Crippen LogP contribution in [0.1, 0.15) is 26.7 Å². The summed E-state index contributed by atoms with van der Waals surface area (Å²) >= 11 is 0. The molecule has 0 aromatic heterocycles. The monoisotopic (exact) mass is 244 g/mol. The Kier molecular flexibility index (Phi) is 4.37. The molecular formula is C11H14F2N2O2. The van der Waals surface area contributed by atoms with Crippen LogP contribution in [0.5, 0.6) is 0 Å². The van der Waals surface area contributed by atoms with Crippen molar-refractivity contribution in [1.82, 2.24) is 0 Å². The summed E-state index contributed by atoms with van der Waals surface area (Å²) in [5.74, 6) is -2.31. The zero-order valence-electron chi connectivity index (χ0n) is 9.67. The number of nitrogens with zero attached hydrogens (tertiary/aromatic N) is 1. The van der Waals surface area contributed by atoms with Gasteiger partial charge in [0.05, 0.1) is 11.0 Å². The van der Waals surface area contributed by atoms with Crippen LogP contribution in [0.2, 0.25) is 0 Å². The number of benzene rings is 1. The molecule has 0 heterocycles. The molecule has 0 saturated heterocycles. The number of rotatable bonds is 5. The Morgan fingerprint density at radius 2 is 2.00 bits per heavy atom. The van der Waals surface area contributed by atoms with Crippen molar-refractivity contribution < 1.29 is 13.7 Å². The molecule has 6 heteroatoms. The molecule has 1 aromatic carbocycles. The maximum Gasteiger partial charge on any atom is 0.295 e. The molecule has 0 amide bonds. The standard InChI is InChI=1S/C11H14F2N2O2/c1-3-4-7(2)14-10-5-8(12)9(13)6-11(10)15(16)17/h5-7,14H,3-4H2,1-2H3. The van der Waals surface area contributed by atoms with E-state index in [4.69, 9.17) is 0 Å². The molecule has 1 rings (SSSR count). The van der Waals surface area contributed by atoms with Gasteiger partial charge in [-0.3, -0.25) is 10.1 Å². The molecular weight excluding hydrogens is 230 g/mol. The van der Waals surface area contributed by atoms with Crippen molar-refractivity contribution in [2.75, 3.05) is 5.32 Å². The average Bonchev–Trinajstić information content (AvgIpc) is 2.23. The van der Waals surface area contributed by atoms with Gasteiger partial charge in [0, 0.05) is 12.1 Å². The average molecular weight is 244 g/mol. The van der Waals surface area contributed by atoms with E-state index < -0.39 is 22.2 Å². The lowest BCUT2D eigenvalue weighted by Crippen LogP contribution is -2.16. The first-order valence-electron chi connectivity index (χ1n) is 5.35. The Bertz CT molecular complexity index is 424. The fraction of sp³-hybridized carbons (Fsp3) is 0.455. The van der Waals surface area contributed by atoms with Crippen LogP contribution in [0.15, 0.2) is 12.1 Å². The molecule has 4 nitrogen and oxygen atoms in total. The molecule has 17 heavy (non-hydrogen) atoms. The Balaban J connectivity index is 3.04. The quantitative estimate of drug-likeness (QED) is 0.637. The van der Waals surface area contributed by atoms with Crippen LogP contribution in [0.4, 0.5) is 20.2 Å². The Hall–Kier alpha value is -1.72. The fourth-order valence-corrected chi connectivity index (χ4v) is 1.57. The summed E-state index contributed by atoms with van der Waals surface area (Å²) in [6.45, 7) is 3.80. The first-order valence-corrected chi connectivity index (χ1v) is 5.35. The summed E-state index contributed by atoms with van der Waals surface area (Å²) in [4.78, 5) is 9.97. The highest BCUT2D eigenvalue weighted by Gasteiger charge is 2.19. The number of nitrogens with one attached hydrogen (secondary N) is 1. The predicted molar refractivity (Wildman–Crippen MR) is 61.0 cm³/mol. The molecule has 0 aliphatic rings. The largest absolute Gasteiger partial charge is 0.377 e. The van der Waals surface area contributed by atoms with Gasteiger partial charge in [0.1, 0.15) is 5.69 Å². The molecule has 0 aliphatic heterocycles. The lowest BCUT2D eigenvalue weighted by atomic mass is 10.1. The van der Waals surface area contributed by atoms with Crippen molar-refractivity contribution in [3.05, 3.63) is 33.9 Å². The Morgan fingerprint density at radius 3 is 2.53 bits per heavy atom. The van der Waals surface area contributed by atoms with Crippen molar-refractivity contribution >= 4 is 11.4 Å². The number of nitro benzene ring substituents is 1. The molecule has 0 fully saturated rings. The second-order valence-electron chi connectivity index (χ2n) is 3.87. The fourth-order valence-electron chi connectivity index (χ4n) is 1.57. The Labute approximate surface area is 97.8 Å². The van der Waals surface area contributed by atoms with Gasteiger partial charge in [0.2, 0.25) is 0 Å². The van der Waals surface area contributed by atoms with Crippen molar-refractivity contribution in [2.24, 2.45) is 0 Å². The summed E-state index contributed by atoms with van der Waals surface area (Å²) < 4.78 is 25.9. The molecule has 1 N–H and O–H groups in total. The summed E-state index contributed by atoms with van der Waals surface area (Å²) in [6, 6.07) is 1.37. The van der Waals surface area contributed by atoms with Crippen LogP contribution >= 0.6 is 0 Å². The van der Waals surface area contributed by atoms with Gasteiger partial charge in [-0.05, 0) is 13.3 Å². The second kappa shape index (κ2) is 5.56. The number of hydrogen-bond acceptors (Lipinski definition) is 3. The first kappa shape index (κ1) is 13.3. The molecule has 0 radical (unpaired) electrons. The van der Waals surface area contributed by atoms with E-state index in [0.717, 1.165) is 18.9 Å². The second-order valence-corrected chi connectivity index (χ2v) is 3.87. The van der Waals surface area contributed by atoms with Gasteiger partial charge < -0.3 is 5.32 Å². The molecule has 0 spiro atoms. The molecule has 0 aliphatic carbocycles. The molecule has 94 valence electrons. The van der Waals surface area contributed by atoms with Crippen LogP contribution in [-0.4, -0.2) is 11.0 Å². The summed E-state index contributed by atoms with van der Waals surface area (Å²) in [7, 11) is 0. The van der Waals surface area contributed by atoms with Crippen LogP contribution in [0, 0.1) is 21.7 Å². The highest BCUT2D eigenvalue weighted by Crippen LogP contribution is 2.28. The third kappa shape index (κ3) is 3.37. The van der Waals surface area contributed by atoms with Gasteiger partial charge in [-0.2, -0.15) is 0 Å². The third-order valence-electron chi connectivity index (χ3n) is 2.36. The van der Waals surface area contributed by atoms with E-state index in [1.54, 1.807) is 0 Å². The van der Waals surface area contributed by atoms with Crippen molar-refractivity contribution in [2.45, 2.75) is 32.7 Å². The van der Waals surface area contributed by atoms with Crippen LogP contribution < -0.4 is 5.32 Å². The van der Waals surface area contributed by atoms with Crippen LogP contribution in [0.3, 0.4) is 0 Å². The van der Waals surface area contributed by atoms with Gasteiger partial charge in [0.25, 0.3) is 5.69 Å². The van der Waals surface area contributed by atoms with Crippen molar-refractivity contribution in [3.8, 4) is 0 Å². The topological polar surface area (TPSA) is 55.2 Å². The maximum absolute atomic E-state index is 13.0. The van der Waals surface area contributed by atoms with Gasteiger partial charge in [-0.25, -0.2) is 8.78 Å². The zero-order valence-corrected chi connectivity index (χ0v) is 9.67. The number of nitro groups is 1. The highest BCUT2D eigenvalue weighted by atomic mass is 19.2. The van der Waals surface area contributed by atoms with Crippen LogP contribution in [-0.2, 0) is 0 Å². The molecule has 1 atom stereocenters. The first-order chi connectivity index (χ1) is 7.95. The Morgan fingerprint density at radius 1 is 1.41 bits per heavy atom. The minimum absolute atomic E-state index is 0.00912. The molecule has 1 aromatic rings. The van der Waals surface area contributed by atoms with E-state index in [1.807, 2.05) is 13.8 Å². The van der Waals surface area contributed by atoms with Gasteiger partial charge in [-0.1, -0.05) is 13.3 Å². The maximum atomic E-state index is 13.0. The normalized spacial score (nSPS) is 12.2. The minimum atomic E-state index is -1.22. The van der Waals surface area contributed by atoms with E-state index in [-0.39, 0.29) is 11.7 Å². The minimum Gasteiger partial charge on any atom is -0.377 e. The van der Waals surface area contributed by atoms with E-state index in [0.29, 0.717) is 6.07 Å². The SMILES string of the molecule is CCCC(C)Nc1cc(F)c(F)cc1[N+](=O)[O-]. The molecule has 0 bridgehead atoms. The number of hydrogen-bond donors (Lipinski definition) is 1. The lowest BCUT2D eigenvalue weighted by molar-refractivity contribution is -0.384. The predicted octanol–water partition coefficient (Wildman–Crippen LogP) is 3.47. The van der Waals surface area contributed by atoms with Gasteiger partial charge >= 0.3 is 0 Å². The molecule has 1 unspecified atom stereocenters. The summed E-state index contributed by atoms with van der Waals surface area (Å²) in [5, 5.41) is 13.5. The third-order valence-corrected chi connectivity index (χ3v) is 2.36. The van der Waals surface area contributed by atoms with E-state index >= 15 is 0 Å².